The lowest BCUT2D eigenvalue weighted by atomic mass is 9.94. The second-order valence-electron chi connectivity index (χ2n) is 5.71. The van der Waals surface area contributed by atoms with Crippen LogP contribution in [0.1, 0.15) is 30.9 Å². The average Bonchev–Trinajstić information content (AvgIpc) is 3.28. The molecule has 108 valence electrons. The number of fused-ring (bicyclic) bond motifs is 1. The standard InChI is InChI=1S/C15H14N2O4/c18-12-15(6-7-15)13(19)17(14(20)16-12)10-5-8-21-11-4-2-1-3-9(10)11/h1-4,10H,5-8H2,(H,16,18,20). The van der Waals surface area contributed by atoms with E-state index in [0.29, 0.717) is 31.6 Å². The molecule has 0 radical (unpaired) electrons. The van der Waals surface area contributed by atoms with Crippen LogP contribution in [0.2, 0.25) is 0 Å². The first-order valence-electron chi connectivity index (χ1n) is 7.04. The summed E-state index contributed by atoms with van der Waals surface area (Å²) in [5.41, 5.74) is -0.182. The predicted molar refractivity (Wildman–Crippen MR) is 71.3 cm³/mol. The van der Waals surface area contributed by atoms with Crippen molar-refractivity contribution < 1.29 is 19.1 Å². The molecular formula is C15H14N2O4. The van der Waals surface area contributed by atoms with Crippen molar-refractivity contribution in [3.63, 3.8) is 0 Å². The number of rotatable bonds is 1. The van der Waals surface area contributed by atoms with Crippen LogP contribution < -0.4 is 10.1 Å². The first-order chi connectivity index (χ1) is 10.1. The molecule has 6 heteroatoms. The zero-order chi connectivity index (χ0) is 14.6. The Bertz CT molecular complexity index is 665. The van der Waals surface area contributed by atoms with Crippen LogP contribution in [-0.4, -0.2) is 29.4 Å². The smallest absolute Gasteiger partial charge is 0.331 e. The van der Waals surface area contributed by atoms with Crippen molar-refractivity contribution in [1.82, 2.24) is 10.2 Å². The SMILES string of the molecule is O=C1NC(=O)C2(CC2)C(=O)N1C1CCOc2ccccc21. The summed E-state index contributed by atoms with van der Waals surface area (Å²) in [6, 6.07) is 6.40. The number of hydrogen-bond acceptors (Lipinski definition) is 4. The highest BCUT2D eigenvalue weighted by Crippen LogP contribution is 2.51. The van der Waals surface area contributed by atoms with Gasteiger partial charge in [-0.3, -0.25) is 19.8 Å². The first-order valence-corrected chi connectivity index (χ1v) is 7.04. The fourth-order valence-electron chi connectivity index (χ4n) is 3.14. The molecule has 1 saturated carbocycles. The summed E-state index contributed by atoms with van der Waals surface area (Å²) in [6.45, 7) is 0.444. The van der Waals surface area contributed by atoms with Gasteiger partial charge in [0.15, 0.2) is 0 Å². The summed E-state index contributed by atoms with van der Waals surface area (Å²) in [4.78, 5) is 37.9. The van der Waals surface area contributed by atoms with E-state index in [4.69, 9.17) is 4.74 Å². The highest BCUT2D eigenvalue weighted by atomic mass is 16.5. The fourth-order valence-corrected chi connectivity index (χ4v) is 3.14. The summed E-state index contributed by atoms with van der Waals surface area (Å²) in [5.74, 6) is -0.122. The molecule has 1 spiro atoms. The number of para-hydroxylation sites is 1. The molecule has 2 aliphatic heterocycles. The number of carbonyl (C=O) groups excluding carboxylic acids is 3. The fraction of sp³-hybridized carbons (Fsp3) is 0.400. The van der Waals surface area contributed by atoms with E-state index >= 15 is 0 Å². The maximum Gasteiger partial charge on any atom is 0.331 e. The highest BCUT2D eigenvalue weighted by Gasteiger charge is 2.63. The van der Waals surface area contributed by atoms with Gasteiger partial charge in [-0.1, -0.05) is 18.2 Å². The molecule has 21 heavy (non-hydrogen) atoms. The molecule has 2 heterocycles. The van der Waals surface area contributed by atoms with E-state index in [2.05, 4.69) is 5.32 Å². The zero-order valence-corrected chi connectivity index (χ0v) is 11.3. The summed E-state index contributed by atoms with van der Waals surface area (Å²) in [7, 11) is 0. The van der Waals surface area contributed by atoms with Gasteiger partial charge in [-0.05, 0) is 18.9 Å². The van der Waals surface area contributed by atoms with Crippen molar-refractivity contribution in [2.24, 2.45) is 5.41 Å². The van der Waals surface area contributed by atoms with Crippen molar-refractivity contribution in [1.29, 1.82) is 0 Å². The molecule has 0 bridgehead atoms. The molecule has 1 atom stereocenters. The lowest BCUT2D eigenvalue weighted by Gasteiger charge is -2.38. The van der Waals surface area contributed by atoms with Crippen LogP contribution in [0.25, 0.3) is 0 Å². The molecule has 1 aromatic carbocycles. The average molecular weight is 286 g/mol. The number of carbonyl (C=O) groups is 3. The Balaban J connectivity index is 1.75. The van der Waals surface area contributed by atoms with E-state index in [1.807, 2.05) is 24.3 Å². The number of imide groups is 2. The Hall–Kier alpha value is -2.37. The third kappa shape index (κ3) is 1.62. The molecular weight excluding hydrogens is 272 g/mol. The third-order valence-electron chi connectivity index (χ3n) is 4.49. The van der Waals surface area contributed by atoms with Crippen molar-refractivity contribution in [2.45, 2.75) is 25.3 Å². The molecule has 4 amide bonds. The van der Waals surface area contributed by atoms with Crippen LogP contribution in [-0.2, 0) is 9.59 Å². The molecule has 4 rings (SSSR count). The number of barbiturate groups is 1. The first kappa shape index (κ1) is 12.4. The molecule has 1 aliphatic carbocycles. The minimum Gasteiger partial charge on any atom is -0.493 e. The van der Waals surface area contributed by atoms with Crippen LogP contribution >= 0.6 is 0 Å². The van der Waals surface area contributed by atoms with Gasteiger partial charge in [-0.15, -0.1) is 0 Å². The molecule has 1 N–H and O–H groups in total. The Morgan fingerprint density at radius 1 is 1.19 bits per heavy atom. The van der Waals surface area contributed by atoms with Gasteiger partial charge >= 0.3 is 6.03 Å². The van der Waals surface area contributed by atoms with Gasteiger partial charge in [-0.2, -0.15) is 0 Å². The van der Waals surface area contributed by atoms with E-state index in [1.165, 1.54) is 4.90 Å². The Morgan fingerprint density at radius 2 is 1.95 bits per heavy atom. The van der Waals surface area contributed by atoms with Gasteiger partial charge in [0.1, 0.15) is 11.2 Å². The number of amides is 4. The van der Waals surface area contributed by atoms with Gasteiger partial charge in [0.05, 0.1) is 12.6 Å². The molecule has 3 aliphatic rings. The Labute approximate surface area is 121 Å². The van der Waals surface area contributed by atoms with Gasteiger partial charge < -0.3 is 4.74 Å². The van der Waals surface area contributed by atoms with E-state index in [0.717, 1.165) is 5.56 Å². The number of nitrogens with zero attached hydrogens (tertiary/aromatic N) is 1. The summed E-state index contributed by atoms with van der Waals surface area (Å²) in [6.07, 6.45) is 1.58. The summed E-state index contributed by atoms with van der Waals surface area (Å²) < 4.78 is 5.57. The normalized spacial score (nSPS) is 26.2. The largest absolute Gasteiger partial charge is 0.493 e. The lowest BCUT2D eigenvalue weighted by Crippen LogP contribution is -2.60. The van der Waals surface area contributed by atoms with Gasteiger partial charge in [0.25, 0.3) is 0 Å². The zero-order valence-electron chi connectivity index (χ0n) is 11.3. The van der Waals surface area contributed by atoms with Gasteiger partial charge in [0.2, 0.25) is 11.8 Å². The maximum absolute atomic E-state index is 12.6. The van der Waals surface area contributed by atoms with Crippen molar-refractivity contribution in [3.8, 4) is 5.75 Å². The third-order valence-corrected chi connectivity index (χ3v) is 4.49. The van der Waals surface area contributed by atoms with E-state index in [1.54, 1.807) is 0 Å². The molecule has 1 saturated heterocycles. The summed E-state index contributed by atoms with van der Waals surface area (Å²) >= 11 is 0. The van der Waals surface area contributed by atoms with E-state index in [-0.39, 0.29) is 11.9 Å². The van der Waals surface area contributed by atoms with Crippen LogP contribution in [0.15, 0.2) is 24.3 Å². The second kappa shape index (κ2) is 4.07. The van der Waals surface area contributed by atoms with Gasteiger partial charge in [-0.25, -0.2) is 4.79 Å². The minimum atomic E-state index is -0.999. The van der Waals surface area contributed by atoms with E-state index < -0.39 is 17.4 Å². The van der Waals surface area contributed by atoms with Crippen LogP contribution in [0.5, 0.6) is 5.75 Å². The van der Waals surface area contributed by atoms with Crippen LogP contribution in [0.4, 0.5) is 4.79 Å². The van der Waals surface area contributed by atoms with Crippen LogP contribution in [0.3, 0.4) is 0 Å². The minimum absolute atomic E-state index is 0.363. The molecule has 0 aromatic heterocycles. The molecule has 1 aromatic rings. The Morgan fingerprint density at radius 3 is 2.71 bits per heavy atom. The van der Waals surface area contributed by atoms with E-state index in [9.17, 15) is 14.4 Å². The number of nitrogens with one attached hydrogen (secondary N) is 1. The Kier molecular flexibility index (Phi) is 2.40. The number of ether oxygens (including phenoxy) is 1. The number of benzene rings is 1. The monoisotopic (exact) mass is 286 g/mol. The van der Waals surface area contributed by atoms with Crippen LogP contribution in [0, 0.1) is 5.41 Å². The lowest BCUT2D eigenvalue weighted by molar-refractivity contribution is -0.146. The molecule has 6 nitrogen and oxygen atoms in total. The molecule has 1 unspecified atom stereocenters. The van der Waals surface area contributed by atoms with Crippen molar-refractivity contribution in [3.05, 3.63) is 29.8 Å². The summed E-state index contributed by atoms with van der Waals surface area (Å²) in [5, 5.41) is 2.33. The number of hydrogen-bond donors (Lipinski definition) is 1. The quantitative estimate of drug-likeness (QED) is 0.791. The van der Waals surface area contributed by atoms with Crippen molar-refractivity contribution >= 4 is 17.8 Å². The van der Waals surface area contributed by atoms with Crippen molar-refractivity contribution in [2.75, 3.05) is 6.61 Å². The van der Waals surface area contributed by atoms with Gasteiger partial charge in [0, 0.05) is 12.0 Å². The number of urea groups is 1. The topological polar surface area (TPSA) is 75.7 Å². The predicted octanol–water partition coefficient (Wildman–Crippen LogP) is 1.37. The maximum atomic E-state index is 12.6. The highest BCUT2D eigenvalue weighted by molar-refractivity contribution is 6.21. The molecule has 2 fully saturated rings. The second-order valence-corrected chi connectivity index (χ2v) is 5.71.